The molecule has 1 amide bonds. The molecule has 158 valence electrons. The Labute approximate surface area is 177 Å². The Kier molecular flexibility index (Phi) is 6.70. The maximum Gasteiger partial charge on any atom is 0.253 e. The summed E-state index contributed by atoms with van der Waals surface area (Å²) in [6.07, 6.45) is 2.34. The summed E-state index contributed by atoms with van der Waals surface area (Å²) in [5.41, 5.74) is 0.960. The van der Waals surface area contributed by atoms with Crippen LogP contribution in [0.5, 0.6) is 0 Å². The number of piperazine rings is 1. The number of pyridine rings is 1. The molecule has 1 atom stereocenters. The smallest absolute Gasteiger partial charge is 0.253 e. The number of nitrogens with one attached hydrogen (secondary N) is 1. The molecule has 1 unspecified atom stereocenters. The van der Waals surface area contributed by atoms with Crippen LogP contribution in [0, 0.1) is 11.3 Å². The number of nitrogens with zero attached hydrogens (tertiary/aromatic N) is 4. The lowest BCUT2D eigenvalue weighted by Gasteiger charge is -2.35. The van der Waals surface area contributed by atoms with Gasteiger partial charge in [-0.3, -0.25) is 4.79 Å². The number of benzene rings is 1. The molecular formula is C21H25N5O3S. The lowest BCUT2D eigenvalue weighted by molar-refractivity contribution is 0.0746. The van der Waals surface area contributed by atoms with Crippen molar-refractivity contribution in [3.8, 4) is 6.07 Å². The number of carbonyl (C=O) groups is 1. The van der Waals surface area contributed by atoms with Gasteiger partial charge in [-0.1, -0.05) is 6.92 Å². The summed E-state index contributed by atoms with van der Waals surface area (Å²) in [4.78, 5) is 21.0. The summed E-state index contributed by atoms with van der Waals surface area (Å²) in [5, 5.41) is 9.25. The molecule has 1 aromatic carbocycles. The highest BCUT2D eigenvalue weighted by Crippen LogP contribution is 2.19. The Morgan fingerprint density at radius 3 is 2.47 bits per heavy atom. The molecule has 8 nitrogen and oxygen atoms in total. The molecule has 2 aromatic rings. The summed E-state index contributed by atoms with van der Waals surface area (Å²) in [6, 6.07) is 11.5. The zero-order valence-electron chi connectivity index (χ0n) is 17.1. The maximum absolute atomic E-state index is 12.8. The van der Waals surface area contributed by atoms with E-state index in [1.54, 1.807) is 42.3 Å². The van der Waals surface area contributed by atoms with Gasteiger partial charge in [0.15, 0.2) is 0 Å². The molecule has 1 aromatic heterocycles. The molecule has 9 heteroatoms. The van der Waals surface area contributed by atoms with Gasteiger partial charge < -0.3 is 9.80 Å². The summed E-state index contributed by atoms with van der Waals surface area (Å²) in [7, 11) is -3.60. The molecule has 2 heterocycles. The van der Waals surface area contributed by atoms with Crippen molar-refractivity contribution in [1.82, 2.24) is 14.6 Å². The van der Waals surface area contributed by atoms with Gasteiger partial charge in [-0.25, -0.2) is 18.1 Å². The molecule has 1 aliphatic heterocycles. The zero-order chi connectivity index (χ0) is 21.7. The lowest BCUT2D eigenvalue weighted by atomic mass is 10.1. The number of anilines is 1. The van der Waals surface area contributed by atoms with Crippen LogP contribution in [0.15, 0.2) is 47.5 Å². The molecule has 0 saturated carbocycles. The summed E-state index contributed by atoms with van der Waals surface area (Å²) in [5.74, 6) is 0.491. The minimum absolute atomic E-state index is 0.142. The number of hydrogen-bond donors (Lipinski definition) is 1. The Morgan fingerprint density at radius 1 is 1.20 bits per heavy atom. The Morgan fingerprint density at radius 2 is 1.87 bits per heavy atom. The topological polar surface area (TPSA) is 106 Å². The van der Waals surface area contributed by atoms with Crippen LogP contribution >= 0.6 is 0 Å². The number of aromatic nitrogens is 1. The normalized spacial score (nSPS) is 15.5. The Hall–Kier alpha value is -2.96. The molecule has 3 rings (SSSR count). The van der Waals surface area contributed by atoms with E-state index in [0.29, 0.717) is 49.5 Å². The van der Waals surface area contributed by atoms with Crippen molar-refractivity contribution in [1.29, 1.82) is 5.26 Å². The number of carbonyl (C=O) groups excluding carboxylic acids is 1. The molecule has 1 N–H and O–H groups in total. The third-order valence-electron chi connectivity index (χ3n) is 5.15. The second-order valence-electron chi connectivity index (χ2n) is 7.22. The monoisotopic (exact) mass is 427 g/mol. The molecule has 1 saturated heterocycles. The van der Waals surface area contributed by atoms with Gasteiger partial charge in [0.1, 0.15) is 11.9 Å². The van der Waals surface area contributed by atoms with Gasteiger partial charge in [-0.15, -0.1) is 0 Å². The quantitative estimate of drug-likeness (QED) is 0.756. The van der Waals surface area contributed by atoms with Crippen molar-refractivity contribution in [3.63, 3.8) is 0 Å². The minimum Gasteiger partial charge on any atom is -0.352 e. The first-order valence-electron chi connectivity index (χ1n) is 9.87. The third-order valence-corrected chi connectivity index (χ3v) is 6.76. The van der Waals surface area contributed by atoms with Crippen LogP contribution in [0.4, 0.5) is 5.82 Å². The highest BCUT2D eigenvalue weighted by Gasteiger charge is 2.25. The maximum atomic E-state index is 12.8. The molecule has 0 aliphatic carbocycles. The van der Waals surface area contributed by atoms with Gasteiger partial charge in [0.05, 0.1) is 10.5 Å². The molecule has 1 aliphatic rings. The molecule has 30 heavy (non-hydrogen) atoms. The van der Waals surface area contributed by atoms with Crippen LogP contribution in [0.25, 0.3) is 0 Å². The Bertz CT molecular complexity index is 1040. The van der Waals surface area contributed by atoms with Crippen LogP contribution < -0.4 is 9.62 Å². The van der Waals surface area contributed by atoms with Crippen molar-refractivity contribution in [2.45, 2.75) is 31.2 Å². The van der Waals surface area contributed by atoms with E-state index in [2.05, 4.69) is 15.8 Å². The highest BCUT2D eigenvalue weighted by atomic mass is 32.2. The molecular weight excluding hydrogens is 402 g/mol. The van der Waals surface area contributed by atoms with Crippen molar-refractivity contribution in [3.05, 3.63) is 53.7 Å². The fourth-order valence-electron chi connectivity index (χ4n) is 3.23. The van der Waals surface area contributed by atoms with E-state index in [9.17, 15) is 18.5 Å². The second-order valence-corrected chi connectivity index (χ2v) is 8.93. The van der Waals surface area contributed by atoms with Crippen molar-refractivity contribution in [2.75, 3.05) is 31.1 Å². The number of sulfonamides is 1. The molecule has 1 fully saturated rings. The van der Waals surface area contributed by atoms with Gasteiger partial charge in [0.25, 0.3) is 5.91 Å². The van der Waals surface area contributed by atoms with Gasteiger partial charge in [0.2, 0.25) is 10.0 Å². The van der Waals surface area contributed by atoms with Crippen molar-refractivity contribution >= 4 is 21.7 Å². The van der Waals surface area contributed by atoms with Crippen LogP contribution in [0.3, 0.4) is 0 Å². The first kappa shape index (κ1) is 21.7. The number of nitriles is 1. The van der Waals surface area contributed by atoms with Crippen LogP contribution in [0.1, 0.15) is 36.2 Å². The van der Waals surface area contributed by atoms with E-state index in [4.69, 9.17) is 0 Å². The number of hydrogen-bond acceptors (Lipinski definition) is 6. The van der Waals surface area contributed by atoms with E-state index in [1.165, 1.54) is 12.1 Å². The highest BCUT2D eigenvalue weighted by molar-refractivity contribution is 7.89. The molecule has 0 bridgehead atoms. The first-order valence-corrected chi connectivity index (χ1v) is 11.4. The standard InChI is InChI=1S/C21H25N5O3S/c1-3-16(2)24-30(28,29)19-8-6-17(7-9-19)21(27)26-13-11-25(12-14-26)20-18(15-22)5-4-10-23-20/h4-10,16,24H,3,11-14H2,1-2H3. The van der Waals surface area contributed by atoms with Crippen molar-refractivity contribution < 1.29 is 13.2 Å². The average Bonchev–Trinajstić information content (AvgIpc) is 2.78. The van der Waals surface area contributed by atoms with Gasteiger partial charge in [0, 0.05) is 44.0 Å². The van der Waals surface area contributed by atoms with Crippen LogP contribution in [-0.4, -0.2) is 56.4 Å². The van der Waals surface area contributed by atoms with Gasteiger partial charge >= 0.3 is 0 Å². The van der Waals surface area contributed by atoms with E-state index >= 15 is 0 Å². The van der Waals surface area contributed by atoms with E-state index in [1.807, 2.05) is 11.8 Å². The number of rotatable bonds is 6. The zero-order valence-corrected chi connectivity index (χ0v) is 17.9. The van der Waals surface area contributed by atoms with Gasteiger partial charge in [-0.2, -0.15) is 5.26 Å². The van der Waals surface area contributed by atoms with E-state index in [0.717, 1.165) is 0 Å². The summed E-state index contributed by atoms with van der Waals surface area (Å²) >= 11 is 0. The van der Waals surface area contributed by atoms with Gasteiger partial charge in [-0.05, 0) is 49.7 Å². The third kappa shape index (κ3) is 4.78. The number of amides is 1. The fourth-order valence-corrected chi connectivity index (χ4v) is 4.56. The molecule has 0 radical (unpaired) electrons. The molecule has 0 spiro atoms. The van der Waals surface area contributed by atoms with Crippen LogP contribution in [0.2, 0.25) is 0 Å². The summed E-state index contributed by atoms with van der Waals surface area (Å²) in [6.45, 7) is 5.85. The first-order chi connectivity index (χ1) is 14.4. The second kappa shape index (κ2) is 9.24. The average molecular weight is 428 g/mol. The van der Waals surface area contributed by atoms with Crippen molar-refractivity contribution in [2.24, 2.45) is 0 Å². The van der Waals surface area contributed by atoms with E-state index in [-0.39, 0.29) is 16.8 Å². The lowest BCUT2D eigenvalue weighted by Crippen LogP contribution is -2.49. The minimum atomic E-state index is -3.60. The predicted octanol–water partition coefficient (Wildman–Crippen LogP) is 1.99. The van der Waals surface area contributed by atoms with Crippen LogP contribution in [-0.2, 0) is 10.0 Å². The van der Waals surface area contributed by atoms with E-state index < -0.39 is 10.0 Å². The summed E-state index contributed by atoms with van der Waals surface area (Å²) < 4.78 is 27.3. The predicted molar refractivity (Wildman–Crippen MR) is 114 cm³/mol. The fraction of sp³-hybridized carbons (Fsp3) is 0.381. The SMILES string of the molecule is CCC(C)NS(=O)(=O)c1ccc(C(=O)N2CCN(c3ncccc3C#N)CC2)cc1. The Balaban J connectivity index is 1.65. The largest absolute Gasteiger partial charge is 0.352 e.